The molecule has 0 saturated heterocycles. The third kappa shape index (κ3) is 14.7. The molecule has 9 heterocycles. The van der Waals surface area contributed by atoms with Gasteiger partial charge in [0.15, 0.2) is 17.5 Å². The van der Waals surface area contributed by atoms with E-state index in [4.69, 9.17) is 13.6 Å². The van der Waals surface area contributed by atoms with Gasteiger partial charge in [0.05, 0.1) is 37.4 Å². The first-order valence-electron chi connectivity index (χ1n) is 34.1. The van der Waals surface area contributed by atoms with Crippen LogP contribution in [-0.4, -0.2) is 80.8 Å². The molecule has 0 radical (unpaired) electrons. The molecule has 3 aromatic carbocycles. The van der Waals surface area contributed by atoms with Gasteiger partial charge < -0.3 is 45.5 Å². The first-order valence-corrected chi connectivity index (χ1v) is 34.1. The summed E-state index contributed by atoms with van der Waals surface area (Å²) in [5, 5.41) is 29.6. The molecule has 24 nitrogen and oxygen atoms in total. The van der Waals surface area contributed by atoms with Gasteiger partial charge in [0.1, 0.15) is 17.5 Å². The van der Waals surface area contributed by atoms with E-state index >= 15 is 0 Å². The van der Waals surface area contributed by atoms with E-state index in [0.29, 0.717) is 54.2 Å². The van der Waals surface area contributed by atoms with Crippen molar-refractivity contribution >= 4 is 52.9 Å². The lowest BCUT2D eigenvalue weighted by Crippen LogP contribution is -2.29. The van der Waals surface area contributed by atoms with Gasteiger partial charge in [0, 0.05) is 51.5 Å². The predicted molar refractivity (Wildman–Crippen MR) is 368 cm³/mol. The van der Waals surface area contributed by atoms with E-state index in [1.165, 1.54) is 16.7 Å². The minimum atomic E-state index is -0.350. The molecule has 3 aliphatic carbocycles. The number of nitrogens with zero attached hydrogens (tertiary/aromatic N) is 9. The van der Waals surface area contributed by atoms with Crippen LogP contribution in [-0.2, 0) is 69.2 Å². The van der Waals surface area contributed by atoms with Crippen LogP contribution in [0.2, 0.25) is 0 Å². The lowest BCUT2D eigenvalue weighted by atomic mass is 9.92. The van der Waals surface area contributed by atoms with Crippen LogP contribution in [0.25, 0.3) is 33.4 Å². The molecule has 6 aliphatic rings. The van der Waals surface area contributed by atoms with Crippen LogP contribution in [0.3, 0.4) is 0 Å². The molecule has 510 valence electrons. The largest absolute Gasteiger partial charge is 0.341 e. The molecule has 99 heavy (non-hydrogen) atoms. The summed E-state index contributed by atoms with van der Waals surface area (Å²) in [6.07, 6.45) is 17.7. The van der Waals surface area contributed by atoms with Crippen molar-refractivity contribution in [1.29, 1.82) is 0 Å². The summed E-state index contributed by atoms with van der Waals surface area (Å²) < 4.78 is 15.7. The first-order chi connectivity index (χ1) is 47.4. The highest BCUT2D eigenvalue weighted by atomic mass is 16.5. The van der Waals surface area contributed by atoms with Crippen molar-refractivity contribution in [3.05, 3.63) is 177 Å². The maximum atomic E-state index is 12.9. The zero-order chi connectivity index (χ0) is 69.5. The Kier molecular flexibility index (Phi) is 18.5. The SMILES string of the molecule is CC(C)(C)c1noc(C(=O)NC2CCCCc3cc(-c4ccnc5c4CC(=O)N5)ccc32)n1.CC(C)(C)c1noc(C(=O)NC2CCCCc3cc(-c4ccnc5c4CC(=O)N5)ccc32)n1.CC(C)(C)c1noc(C(=O)NC2CCCCc3cc(-c4ccnc5c4CC(=O)N5)ccc32)n1. The number of pyridine rings is 3. The fourth-order valence-electron chi connectivity index (χ4n) is 13.6. The number of carbonyl (C=O) groups excluding carboxylic acids is 6. The number of amides is 6. The number of hydrogen-bond donors (Lipinski definition) is 6. The summed E-state index contributed by atoms with van der Waals surface area (Å²) in [5.74, 6) is 2.30. The number of aromatic nitrogens is 9. The van der Waals surface area contributed by atoms with Crippen LogP contribution >= 0.6 is 0 Å². The van der Waals surface area contributed by atoms with Crippen molar-refractivity contribution in [1.82, 2.24) is 61.3 Å². The topological polar surface area (TPSA) is 330 Å². The number of nitrogens with one attached hydrogen (secondary N) is 6. The van der Waals surface area contributed by atoms with Crippen molar-refractivity contribution in [2.24, 2.45) is 0 Å². The third-order valence-corrected chi connectivity index (χ3v) is 18.8. The Morgan fingerprint density at radius 2 is 0.687 bits per heavy atom. The van der Waals surface area contributed by atoms with Crippen LogP contribution in [0.4, 0.5) is 17.5 Å². The molecule has 3 aliphatic heterocycles. The molecule has 6 N–H and O–H groups in total. The maximum absolute atomic E-state index is 12.9. The zero-order valence-corrected chi connectivity index (χ0v) is 57.2. The van der Waals surface area contributed by atoms with Crippen LogP contribution in [0.1, 0.15) is 238 Å². The summed E-state index contributed by atoms with van der Waals surface area (Å²) in [7, 11) is 0. The number of fused-ring (bicyclic) bond motifs is 6. The second kappa shape index (κ2) is 27.3. The number of hydrogen-bond acceptors (Lipinski definition) is 18. The summed E-state index contributed by atoms with van der Waals surface area (Å²) in [6.45, 7) is 17.8. The quantitative estimate of drug-likeness (QED) is 0.0731. The Balaban J connectivity index is 0.000000133. The molecule has 0 spiro atoms. The fourth-order valence-corrected chi connectivity index (χ4v) is 13.6. The molecule has 0 fully saturated rings. The lowest BCUT2D eigenvalue weighted by molar-refractivity contribution is -0.115. The summed E-state index contributed by atoms with van der Waals surface area (Å²) in [4.78, 5) is 100.0. The summed E-state index contributed by atoms with van der Waals surface area (Å²) in [6, 6.07) is 24.5. The number of benzene rings is 3. The van der Waals surface area contributed by atoms with Crippen LogP contribution in [0.15, 0.2) is 105 Å². The average Bonchev–Trinajstić information content (AvgIpc) is 1.78. The van der Waals surface area contributed by atoms with E-state index in [1.54, 1.807) is 18.6 Å². The van der Waals surface area contributed by atoms with Gasteiger partial charge in [-0.3, -0.25) is 28.8 Å². The van der Waals surface area contributed by atoms with Gasteiger partial charge >= 0.3 is 35.4 Å². The number of carbonyl (C=O) groups is 6. The van der Waals surface area contributed by atoms with Gasteiger partial charge in [-0.2, -0.15) is 15.0 Å². The van der Waals surface area contributed by atoms with Crippen molar-refractivity contribution in [3.8, 4) is 33.4 Å². The summed E-state index contributed by atoms with van der Waals surface area (Å²) in [5.41, 5.74) is 15.1. The highest BCUT2D eigenvalue weighted by Crippen LogP contribution is 2.41. The van der Waals surface area contributed by atoms with E-state index in [2.05, 4.69) is 132 Å². The Morgan fingerprint density at radius 1 is 0.404 bits per heavy atom. The minimum Gasteiger partial charge on any atom is -0.341 e. The minimum absolute atomic E-state index is 0.00754. The molecule has 3 unspecified atom stereocenters. The van der Waals surface area contributed by atoms with Crippen molar-refractivity contribution in [2.45, 2.75) is 193 Å². The maximum Gasteiger partial charge on any atom is 0.315 e. The van der Waals surface area contributed by atoms with E-state index in [-0.39, 0.29) is 87.5 Å². The second-order valence-corrected chi connectivity index (χ2v) is 29.3. The van der Waals surface area contributed by atoms with Crippen molar-refractivity contribution < 1.29 is 42.3 Å². The zero-order valence-electron chi connectivity index (χ0n) is 57.2. The van der Waals surface area contributed by atoms with Gasteiger partial charge in [-0.1, -0.05) is 152 Å². The fraction of sp³-hybridized carbons (Fsp3) is 0.400. The summed E-state index contributed by atoms with van der Waals surface area (Å²) >= 11 is 0. The number of anilines is 3. The molecule has 0 bridgehead atoms. The molecular formula is C75H81N15O9. The number of aryl methyl sites for hydroxylation is 3. The molecule has 0 saturated carbocycles. The third-order valence-electron chi connectivity index (χ3n) is 18.8. The molecule has 3 atom stereocenters. The number of rotatable bonds is 9. The molecule has 9 aromatic rings. The highest BCUT2D eigenvalue weighted by molar-refractivity contribution is 6.02. The van der Waals surface area contributed by atoms with Gasteiger partial charge in [0.25, 0.3) is 0 Å². The van der Waals surface area contributed by atoms with Crippen molar-refractivity contribution in [2.75, 3.05) is 16.0 Å². The molecule has 6 aromatic heterocycles. The average molecular weight is 1340 g/mol. The van der Waals surface area contributed by atoms with Crippen LogP contribution < -0.4 is 31.9 Å². The molecular weight excluding hydrogens is 1250 g/mol. The lowest BCUT2D eigenvalue weighted by Gasteiger charge is -2.19. The Morgan fingerprint density at radius 3 is 0.949 bits per heavy atom. The van der Waals surface area contributed by atoms with Crippen molar-refractivity contribution in [3.63, 3.8) is 0 Å². The first kappa shape index (κ1) is 66.9. The van der Waals surface area contributed by atoms with Gasteiger partial charge in [0.2, 0.25) is 17.7 Å². The molecule has 15 rings (SSSR count). The normalized spacial score (nSPS) is 17.7. The van der Waals surface area contributed by atoms with E-state index in [9.17, 15) is 28.8 Å². The van der Waals surface area contributed by atoms with E-state index < -0.39 is 0 Å². The van der Waals surface area contributed by atoms with Crippen LogP contribution in [0, 0.1) is 0 Å². The Bertz CT molecular complexity index is 4180. The van der Waals surface area contributed by atoms with Gasteiger partial charge in [-0.15, -0.1) is 0 Å². The second-order valence-electron chi connectivity index (χ2n) is 29.3. The standard InChI is InChI=1S/3C25H27N5O3/c3*1-25(2,3)24-29-23(33-30-24)22(32)27-19-7-5-4-6-14-12-15(8-9-17(14)19)16-10-11-26-21-18(16)13-20(31)28-21/h3*8-12,19H,4-7,13H2,1-3H3,(H,27,32)(H,26,28,31). The van der Waals surface area contributed by atoms with E-state index in [0.717, 1.165) is 144 Å². The monoisotopic (exact) mass is 1340 g/mol. The molecule has 24 heteroatoms. The smallest absolute Gasteiger partial charge is 0.315 e. The van der Waals surface area contributed by atoms with Crippen LogP contribution in [0.5, 0.6) is 0 Å². The Labute approximate surface area is 572 Å². The Hall–Kier alpha value is -10.7. The highest BCUT2D eigenvalue weighted by Gasteiger charge is 2.33. The van der Waals surface area contributed by atoms with Gasteiger partial charge in [-0.05, 0) is 143 Å². The van der Waals surface area contributed by atoms with E-state index in [1.807, 2.05) is 80.5 Å². The predicted octanol–water partition coefficient (Wildman–Crippen LogP) is 12.4. The molecule has 6 amide bonds. The van der Waals surface area contributed by atoms with Gasteiger partial charge in [-0.25, -0.2) is 15.0 Å².